The first kappa shape index (κ1) is 22.7. The van der Waals surface area contributed by atoms with E-state index >= 15 is 0 Å². The average molecular weight is 428 g/mol. The van der Waals surface area contributed by atoms with Gasteiger partial charge >= 0.3 is 6.09 Å². The molecule has 1 amide bonds. The van der Waals surface area contributed by atoms with E-state index in [1.165, 1.54) is 11.1 Å². The number of carbonyl (C=O) groups excluding carboxylic acids is 1. The summed E-state index contributed by atoms with van der Waals surface area (Å²) < 4.78 is 10.6. The van der Waals surface area contributed by atoms with Gasteiger partial charge in [0.25, 0.3) is 0 Å². The van der Waals surface area contributed by atoms with Gasteiger partial charge in [-0.2, -0.15) is 0 Å². The number of hydrogen-bond donors (Lipinski definition) is 1. The second kappa shape index (κ2) is 11.4. The molecule has 0 unspecified atom stereocenters. The molecular formula is C23H33N5O3. The molecule has 3 rings (SSSR count). The minimum atomic E-state index is -0.238. The van der Waals surface area contributed by atoms with Crippen LogP contribution in [0.4, 0.5) is 4.79 Å². The van der Waals surface area contributed by atoms with Crippen molar-refractivity contribution in [1.29, 1.82) is 0 Å². The number of piperazine rings is 1. The highest BCUT2D eigenvalue weighted by Gasteiger charge is 2.23. The number of furan rings is 1. The van der Waals surface area contributed by atoms with Crippen molar-refractivity contribution in [3.8, 4) is 0 Å². The summed E-state index contributed by atoms with van der Waals surface area (Å²) in [5.74, 6) is 1.81. The lowest BCUT2D eigenvalue weighted by molar-refractivity contribution is 0.0914. The number of guanidine groups is 1. The molecule has 8 heteroatoms. The Morgan fingerprint density at radius 1 is 1.10 bits per heavy atom. The molecule has 2 aromatic rings. The van der Waals surface area contributed by atoms with Gasteiger partial charge in [-0.15, -0.1) is 0 Å². The minimum absolute atomic E-state index is 0.238. The van der Waals surface area contributed by atoms with Gasteiger partial charge in [0, 0.05) is 46.3 Å². The summed E-state index contributed by atoms with van der Waals surface area (Å²) >= 11 is 0. The molecule has 1 aromatic carbocycles. The molecule has 1 saturated heterocycles. The highest BCUT2D eigenvalue weighted by atomic mass is 16.6. The number of hydrogen-bond acceptors (Lipinski definition) is 5. The van der Waals surface area contributed by atoms with Crippen LogP contribution in [0.5, 0.6) is 0 Å². The minimum Gasteiger partial charge on any atom is -0.468 e. The van der Waals surface area contributed by atoms with E-state index in [0.717, 1.165) is 37.9 Å². The molecular weight excluding hydrogens is 394 g/mol. The first-order valence-corrected chi connectivity index (χ1v) is 10.8. The molecule has 2 heterocycles. The van der Waals surface area contributed by atoms with E-state index in [1.54, 1.807) is 18.2 Å². The van der Waals surface area contributed by atoms with E-state index in [4.69, 9.17) is 9.15 Å². The largest absolute Gasteiger partial charge is 0.468 e. The summed E-state index contributed by atoms with van der Waals surface area (Å²) in [5.41, 5.74) is 2.51. The van der Waals surface area contributed by atoms with Gasteiger partial charge in [-0.1, -0.05) is 24.3 Å². The zero-order chi connectivity index (χ0) is 22.1. The van der Waals surface area contributed by atoms with Crippen LogP contribution in [0, 0.1) is 0 Å². The third-order valence-corrected chi connectivity index (χ3v) is 5.32. The zero-order valence-electron chi connectivity index (χ0n) is 18.7. The molecule has 0 spiro atoms. The number of amides is 1. The lowest BCUT2D eigenvalue weighted by Gasteiger charge is -2.36. The van der Waals surface area contributed by atoms with Crippen LogP contribution < -0.4 is 5.32 Å². The van der Waals surface area contributed by atoms with Crippen LogP contribution in [-0.4, -0.2) is 73.6 Å². The van der Waals surface area contributed by atoms with Crippen molar-refractivity contribution in [2.45, 2.75) is 26.6 Å². The van der Waals surface area contributed by atoms with Crippen molar-refractivity contribution >= 4 is 12.1 Å². The summed E-state index contributed by atoms with van der Waals surface area (Å²) in [5, 5.41) is 3.49. The third kappa shape index (κ3) is 6.49. The molecule has 1 aliphatic heterocycles. The third-order valence-electron chi connectivity index (χ3n) is 5.32. The SMILES string of the molecule is CCOC(=O)N1CCN(C(=NC)NCc2ccccc2CN(C)Cc2ccco2)CC1. The van der Waals surface area contributed by atoms with Gasteiger partial charge in [-0.3, -0.25) is 9.89 Å². The number of nitrogens with one attached hydrogen (secondary N) is 1. The maximum absolute atomic E-state index is 11.9. The van der Waals surface area contributed by atoms with Gasteiger partial charge in [0.05, 0.1) is 19.4 Å². The molecule has 0 radical (unpaired) electrons. The van der Waals surface area contributed by atoms with Crippen molar-refractivity contribution in [3.63, 3.8) is 0 Å². The zero-order valence-corrected chi connectivity index (χ0v) is 18.7. The Balaban J connectivity index is 1.53. The van der Waals surface area contributed by atoms with E-state index in [0.29, 0.717) is 26.2 Å². The second-order valence-electron chi connectivity index (χ2n) is 7.59. The van der Waals surface area contributed by atoms with E-state index in [2.05, 4.69) is 51.4 Å². The van der Waals surface area contributed by atoms with Crippen LogP contribution in [0.2, 0.25) is 0 Å². The van der Waals surface area contributed by atoms with E-state index in [1.807, 2.05) is 19.1 Å². The molecule has 0 aliphatic carbocycles. The van der Waals surface area contributed by atoms with Crippen LogP contribution >= 0.6 is 0 Å². The number of carbonyl (C=O) groups is 1. The Kier molecular flexibility index (Phi) is 8.35. The normalized spacial score (nSPS) is 14.8. The van der Waals surface area contributed by atoms with Crippen LogP contribution in [-0.2, 0) is 24.4 Å². The Bertz CT molecular complexity index is 845. The highest BCUT2D eigenvalue weighted by molar-refractivity contribution is 5.80. The van der Waals surface area contributed by atoms with Crippen molar-refractivity contribution in [1.82, 2.24) is 20.0 Å². The average Bonchev–Trinajstić information content (AvgIpc) is 3.28. The maximum Gasteiger partial charge on any atom is 0.409 e. The number of ether oxygens (including phenoxy) is 1. The summed E-state index contributed by atoms with van der Waals surface area (Å²) in [6, 6.07) is 12.4. The molecule has 0 atom stereocenters. The van der Waals surface area contributed by atoms with Crippen molar-refractivity contribution in [2.75, 3.05) is 46.9 Å². The lowest BCUT2D eigenvalue weighted by atomic mass is 10.1. The van der Waals surface area contributed by atoms with Crippen molar-refractivity contribution in [3.05, 3.63) is 59.5 Å². The molecule has 31 heavy (non-hydrogen) atoms. The molecule has 168 valence electrons. The van der Waals surface area contributed by atoms with Crippen molar-refractivity contribution < 1.29 is 13.9 Å². The van der Waals surface area contributed by atoms with Gasteiger partial charge in [0.2, 0.25) is 0 Å². The lowest BCUT2D eigenvalue weighted by Crippen LogP contribution is -2.53. The van der Waals surface area contributed by atoms with Gasteiger partial charge in [-0.25, -0.2) is 4.79 Å². The van der Waals surface area contributed by atoms with Crippen LogP contribution in [0.1, 0.15) is 23.8 Å². The number of nitrogens with zero attached hydrogens (tertiary/aromatic N) is 4. The van der Waals surface area contributed by atoms with Gasteiger partial charge < -0.3 is 24.3 Å². The molecule has 1 aromatic heterocycles. The standard InChI is InChI=1S/C23H33N5O3/c1-4-30-23(29)28-13-11-27(12-14-28)22(24-2)25-16-19-8-5-6-9-20(19)17-26(3)18-21-10-7-15-31-21/h5-10,15H,4,11-14,16-18H2,1-3H3,(H,24,25). The van der Waals surface area contributed by atoms with Crippen molar-refractivity contribution in [2.24, 2.45) is 4.99 Å². The van der Waals surface area contributed by atoms with Gasteiger partial charge in [0.1, 0.15) is 5.76 Å². The fourth-order valence-electron chi connectivity index (χ4n) is 3.72. The maximum atomic E-state index is 11.9. The first-order valence-electron chi connectivity index (χ1n) is 10.8. The van der Waals surface area contributed by atoms with E-state index < -0.39 is 0 Å². The second-order valence-corrected chi connectivity index (χ2v) is 7.59. The smallest absolute Gasteiger partial charge is 0.409 e. The van der Waals surface area contributed by atoms with Crippen LogP contribution in [0.3, 0.4) is 0 Å². The quantitative estimate of drug-likeness (QED) is 0.541. The molecule has 0 bridgehead atoms. The number of aliphatic imine (C=N–C) groups is 1. The Morgan fingerprint density at radius 3 is 2.45 bits per heavy atom. The van der Waals surface area contributed by atoms with Crippen LogP contribution in [0.15, 0.2) is 52.1 Å². The molecule has 8 nitrogen and oxygen atoms in total. The number of rotatable bonds is 7. The fourth-order valence-corrected chi connectivity index (χ4v) is 3.72. The topological polar surface area (TPSA) is 73.6 Å². The monoisotopic (exact) mass is 427 g/mol. The fraction of sp³-hybridized carbons (Fsp3) is 0.478. The van der Waals surface area contributed by atoms with Gasteiger partial charge in [-0.05, 0) is 37.2 Å². The summed E-state index contributed by atoms with van der Waals surface area (Å²) in [6.07, 6.45) is 1.47. The van der Waals surface area contributed by atoms with E-state index in [9.17, 15) is 4.79 Å². The molecule has 1 fully saturated rings. The Labute approximate surface area is 184 Å². The molecule has 1 aliphatic rings. The Morgan fingerprint density at radius 2 is 1.81 bits per heavy atom. The molecule has 1 N–H and O–H groups in total. The number of benzene rings is 1. The summed E-state index contributed by atoms with van der Waals surface area (Å²) in [7, 11) is 3.89. The predicted molar refractivity (Wildman–Crippen MR) is 121 cm³/mol. The Hall–Kier alpha value is -3.00. The van der Waals surface area contributed by atoms with Crippen LogP contribution in [0.25, 0.3) is 0 Å². The van der Waals surface area contributed by atoms with Gasteiger partial charge in [0.15, 0.2) is 5.96 Å². The molecule has 0 saturated carbocycles. The highest BCUT2D eigenvalue weighted by Crippen LogP contribution is 2.14. The van der Waals surface area contributed by atoms with E-state index in [-0.39, 0.29) is 6.09 Å². The first-order chi connectivity index (χ1) is 15.1. The summed E-state index contributed by atoms with van der Waals surface area (Å²) in [4.78, 5) is 22.5. The summed E-state index contributed by atoms with van der Waals surface area (Å²) in [6.45, 7) is 7.23. The predicted octanol–water partition coefficient (Wildman–Crippen LogP) is 2.76.